The van der Waals surface area contributed by atoms with Gasteiger partial charge in [-0.15, -0.1) is 0 Å². The Morgan fingerprint density at radius 2 is 0.853 bits per heavy atom. The molecule has 24 heteroatoms. The van der Waals surface area contributed by atoms with Gasteiger partial charge in [-0.05, 0) is 66.2 Å². The van der Waals surface area contributed by atoms with E-state index in [1.165, 1.54) is 66.6 Å². The second-order valence-corrected chi connectivity index (χ2v) is 20.2. The smallest absolute Gasteiger partial charge is 0.243 e. The molecule has 0 radical (unpaired) electrons. The molecule has 0 saturated heterocycles. The third-order valence-corrected chi connectivity index (χ3v) is 12.3. The largest absolute Gasteiger partial charge is 0.748 e. The maximum absolute atomic E-state index is 10.6. The molecule has 0 amide bonds. The number of ether oxygens (including phenoxy) is 6. The summed E-state index contributed by atoms with van der Waals surface area (Å²) in [6.45, 7) is 21.7. The normalized spacial score (nSPS) is 13.6. The number of nitrogens with zero attached hydrogens (tertiary/aromatic N) is 6. The van der Waals surface area contributed by atoms with E-state index >= 15 is 0 Å². The summed E-state index contributed by atoms with van der Waals surface area (Å²) in [5.41, 5.74) is -2.67. The number of methoxy groups -OCH3 is 2. The molecule has 3 aromatic heterocycles. The van der Waals surface area contributed by atoms with Gasteiger partial charge in [0.1, 0.15) is 78.4 Å². The third kappa shape index (κ3) is 36.1. The molecule has 68 heavy (non-hydrogen) atoms. The Labute approximate surface area is 409 Å². The van der Waals surface area contributed by atoms with Crippen molar-refractivity contribution in [2.24, 2.45) is 21.1 Å². The summed E-state index contributed by atoms with van der Waals surface area (Å²) in [6, 6.07) is 0. The molecule has 0 fully saturated rings. The van der Waals surface area contributed by atoms with Gasteiger partial charge in [0.2, 0.25) is 19.0 Å². The number of rotatable bonds is 26. The number of aromatic nitrogens is 6. The molecule has 0 spiro atoms. The molecular formula is C44H88N6O15S3. The van der Waals surface area contributed by atoms with Crippen LogP contribution in [-0.2, 0) is 99.6 Å². The Kier molecular flexibility index (Phi) is 40.6. The fourth-order valence-electron chi connectivity index (χ4n) is 5.16. The molecule has 0 aliphatic heterocycles. The average Bonchev–Trinajstić information content (AvgIpc) is 4.03. The van der Waals surface area contributed by atoms with Crippen LogP contribution in [0.15, 0.2) is 56.2 Å². The fraction of sp³-hybridized carbons (Fsp3) is 0.795. The summed E-state index contributed by atoms with van der Waals surface area (Å²) >= 11 is 0. The summed E-state index contributed by atoms with van der Waals surface area (Å²) < 4.78 is 137. The maximum atomic E-state index is 10.6. The second kappa shape index (κ2) is 39.8. The minimum Gasteiger partial charge on any atom is -0.748 e. The van der Waals surface area contributed by atoms with E-state index in [2.05, 4.69) is 104 Å². The van der Waals surface area contributed by atoms with Crippen molar-refractivity contribution in [2.75, 3.05) is 27.4 Å². The van der Waals surface area contributed by atoms with E-state index in [4.69, 9.17) is 28.4 Å². The number of hydrogen-bond acceptors (Lipinski definition) is 15. The SMILES string of the molecule is CCC(OC)OC(C)S(=O)(=O)[O-].CCC(OC)OC(CC)S(=O)(=O)[O-].CCCCn1cc[n+](C)c1.CCCCn1cc[n+](C)c1.CCCCn1cc[n+](C)c1.CCOC(OCC)C(C)S(=O)(=O)[O-]. The Balaban J connectivity index is -0.000000748. The molecule has 3 aromatic rings. The van der Waals surface area contributed by atoms with Gasteiger partial charge in [-0.3, -0.25) is 0 Å². The van der Waals surface area contributed by atoms with E-state index in [9.17, 15) is 38.9 Å². The van der Waals surface area contributed by atoms with Crippen molar-refractivity contribution >= 4 is 30.4 Å². The van der Waals surface area contributed by atoms with E-state index in [1.807, 2.05) is 21.1 Å². The average molecular weight is 1040 g/mol. The van der Waals surface area contributed by atoms with Crippen LogP contribution < -0.4 is 13.7 Å². The van der Waals surface area contributed by atoms with Gasteiger partial charge >= 0.3 is 0 Å². The molecule has 21 nitrogen and oxygen atoms in total. The quantitative estimate of drug-likeness (QED) is 0.0605. The van der Waals surface area contributed by atoms with Crippen molar-refractivity contribution < 1.29 is 81.0 Å². The first-order valence-electron chi connectivity index (χ1n) is 23.2. The topological polar surface area (TPSA) is 253 Å². The van der Waals surface area contributed by atoms with Crippen LogP contribution in [0.1, 0.15) is 127 Å². The van der Waals surface area contributed by atoms with Gasteiger partial charge in [-0.25, -0.2) is 52.7 Å². The zero-order valence-corrected chi connectivity index (χ0v) is 46.0. The molecule has 0 aliphatic carbocycles. The van der Waals surface area contributed by atoms with Crippen LogP contribution in [0.5, 0.6) is 0 Å². The summed E-state index contributed by atoms with van der Waals surface area (Å²) in [7, 11) is -4.18. The second-order valence-electron chi connectivity index (χ2n) is 15.3. The summed E-state index contributed by atoms with van der Waals surface area (Å²) in [6.07, 6.45) is 25.4. The highest BCUT2D eigenvalue weighted by Gasteiger charge is 2.23. The van der Waals surface area contributed by atoms with Gasteiger partial charge in [0.25, 0.3) is 0 Å². The van der Waals surface area contributed by atoms with Crippen LogP contribution in [0.25, 0.3) is 0 Å². The van der Waals surface area contributed by atoms with Gasteiger partial charge in [-0.1, -0.05) is 60.8 Å². The van der Waals surface area contributed by atoms with E-state index in [1.54, 1.807) is 34.6 Å². The first-order valence-corrected chi connectivity index (χ1v) is 27.7. The van der Waals surface area contributed by atoms with E-state index in [0.29, 0.717) is 26.1 Å². The number of imidazole rings is 3. The number of aryl methyl sites for hydroxylation is 6. The van der Waals surface area contributed by atoms with Gasteiger partial charge < -0.3 is 42.1 Å². The van der Waals surface area contributed by atoms with E-state index in [0.717, 1.165) is 19.6 Å². The number of unbranched alkanes of at least 4 members (excludes halogenated alkanes) is 3. The van der Waals surface area contributed by atoms with E-state index < -0.39 is 65.3 Å². The molecule has 0 saturated carbocycles. The van der Waals surface area contributed by atoms with Crippen molar-refractivity contribution in [3.8, 4) is 0 Å². The molecule has 0 aliphatic rings. The summed E-state index contributed by atoms with van der Waals surface area (Å²) in [5, 5.41) is -1.17. The molecule has 3 rings (SSSR count). The Morgan fingerprint density at radius 1 is 0.515 bits per heavy atom. The van der Waals surface area contributed by atoms with Gasteiger partial charge in [0, 0.05) is 27.4 Å². The predicted octanol–water partition coefficient (Wildman–Crippen LogP) is 4.60. The Morgan fingerprint density at radius 3 is 1.06 bits per heavy atom. The lowest BCUT2D eigenvalue weighted by molar-refractivity contribution is -0.671. The maximum Gasteiger partial charge on any atom is 0.243 e. The van der Waals surface area contributed by atoms with E-state index in [-0.39, 0.29) is 6.42 Å². The van der Waals surface area contributed by atoms with Crippen LogP contribution in [0.3, 0.4) is 0 Å². The minimum atomic E-state index is -4.38. The van der Waals surface area contributed by atoms with Gasteiger partial charge in [-0.2, -0.15) is 0 Å². The Hall–Kier alpha value is -2.88. The first-order chi connectivity index (χ1) is 31.8. The lowest BCUT2D eigenvalue weighted by atomic mass is 10.3. The van der Waals surface area contributed by atoms with Crippen molar-refractivity contribution in [1.82, 2.24) is 13.7 Å². The van der Waals surface area contributed by atoms with Crippen molar-refractivity contribution in [3.05, 3.63) is 56.2 Å². The van der Waals surface area contributed by atoms with Crippen LogP contribution in [0, 0.1) is 0 Å². The zero-order valence-electron chi connectivity index (χ0n) is 43.6. The minimum absolute atomic E-state index is 0.131. The standard InChI is InChI=1S/3C8H15N2.2C7H16O5S.C6H14O5S/c3*1-3-4-5-10-7-6-9(2)8-10;1-4-6(11-3)12-7(5-2)13(8,9)10;1-4-11-7(12-5-2)6(3)13(8,9)10;1-4-6(10-3)11-5(2)12(7,8)9/h3*6-8H,3-5H2,1-2H3;2*6-7H,4-5H2,1-3H3,(H,8,9,10);5-6H,4H2,1-3H3,(H,7,8,9)/q3*+1;;;/p-3. The van der Waals surface area contributed by atoms with Crippen LogP contribution in [0.4, 0.5) is 0 Å². The highest BCUT2D eigenvalue weighted by Crippen LogP contribution is 2.12. The van der Waals surface area contributed by atoms with Crippen molar-refractivity contribution in [3.63, 3.8) is 0 Å². The molecule has 0 bridgehead atoms. The van der Waals surface area contributed by atoms with Crippen LogP contribution in [-0.4, -0.2) is 115 Å². The fourth-order valence-corrected chi connectivity index (χ4v) is 6.52. The molecule has 0 aromatic carbocycles. The third-order valence-electron chi connectivity index (χ3n) is 9.18. The molecule has 5 atom stereocenters. The van der Waals surface area contributed by atoms with Gasteiger partial charge in [0.05, 0.1) is 46.0 Å². The van der Waals surface area contributed by atoms with Crippen LogP contribution in [0.2, 0.25) is 0 Å². The molecule has 3 heterocycles. The summed E-state index contributed by atoms with van der Waals surface area (Å²) in [4.78, 5) is 0. The molecule has 402 valence electrons. The highest BCUT2D eigenvalue weighted by atomic mass is 32.2. The molecule has 0 N–H and O–H groups in total. The molecular weight excluding hydrogens is 949 g/mol. The molecule has 5 unspecified atom stereocenters. The Bertz CT molecular complexity index is 1830. The van der Waals surface area contributed by atoms with Crippen molar-refractivity contribution in [1.29, 1.82) is 0 Å². The van der Waals surface area contributed by atoms with Crippen LogP contribution >= 0.6 is 0 Å². The zero-order chi connectivity index (χ0) is 52.9. The lowest BCUT2D eigenvalue weighted by Crippen LogP contribution is -2.35. The lowest BCUT2D eigenvalue weighted by Gasteiger charge is -2.25. The highest BCUT2D eigenvalue weighted by molar-refractivity contribution is 7.86. The van der Waals surface area contributed by atoms with Gasteiger partial charge in [0.15, 0.2) is 18.9 Å². The monoisotopic (exact) mass is 1040 g/mol. The van der Waals surface area contributed by atoms with Crippen molar-refractivity contribution in [2.45, 2.75) is 182 Å². The number of hydrogen-bond donors (Lipinski definition) is 0. The first kappa shape index (κ1) is 69.4. The summed E-state index contributed by atoms with van der Waals surface area (Å²) in [5.74, 6) is 0. The predicted molar refractivity (Wildman–Crippen MR) is 255 cm³/mol.